The average Bonchev–Trinajstić information content (AvgIpc) is 2.68. The number of rotatable bonds is 4. The smallest absolute Gasteiger partial charge is 0.297 e. The second kappa shape index (κ2) is 4.62. The van der Waals surface area contributed by atoms with Crippen LogP contribution in [0.25, 0.3) is 0 Å². The fraction of sp³-hybridized carbons (Fsp3) is 0.333. The number of hydrogen-bond donors (Lipinski definition) is 0. The summed E-state index contributed by atoms with van der Waals surface area (Å²) >= 11 is 0. The van der Waals surface area contributed by atoms with Crippen LogP contribution in [0.2, 0.25) is 0 Å². The van der Waals surface area contributed by atoms with Gasteiger partial charge in [-0.1, -0.05) is 18.2 Å². The molecule has 18 heavy (non-hydrogen) atoms. The summed E-state index contributed by atoms with van der Waals surface area (Å²) < 4.78 is 39.0. The van der Waals surface area contributed by atoms with E-state index in [-0.39, 0.29) is 11.5 Å². The standard InChI is InChI=1S/C12H14O5S/c1-12(2)15-8-10(17-12)9-16-18(13,14)11-6-4-3-5-7-11/h3-8H,9H2,1-2H3. The van der Waals surface area contributed by atoms with Crippen LogP contribution in [0.5, 0.6) is 0 Å². The molecular weight excluding hydrogens is 256 g/mol. The Labute approximate surface area is 106 Å². The van der Waals surface area contributed by atoms with Gasteiger partial charge in [0, 0.05) is 13.8 Å². The maximum absolute atomic E-state index is 11.8. The Morgan fingerprint density at radius 1 is 1.22 bits per heavy atom. The Morgan fingerprint density at radius 3 is 2.44 bits per heavy atom. The van der Waals surface area contributed by atoms with E-state index in [1.807, 2.05) is 0 Å². The summed E-state index contributed by atoms with van der Waals surface area (Å²) in [6.07, 6.45) is 1.36. The van der Waals surface area contributed by atoms with Gasteiger partial charge in [-0.25, -0.2) is 0 Å². The van der Waals surface area contributed by atoms with Crippen molar-refractivity contribution >= 4 is 10.1 Å². The maximum Gasteiger partial charge on any atom is 0.297 e. The van der Waals surface area contributed by atoms with Gasteiger partial charge >= 0.3 is 0 Å². The molecular formula is C12H14O5S. The molecule has 0 unspecified atom stereocenters. The van der Waals surface area contributed by atoms with Gasteiger partial charge in [0.1, 0.15) is 12.9 Å². The van der Waals surface area contributed by atoms with E-state index in [1.54, 1.807) is 32.0 Å². The van der Waals surface area contributed by atoms with Gasteiger partial charge < -0.3 is 9.47 Å². The molecule has 0 radical (unpaired) electrons. The summed E-state index contributed by atoms with van der Waals surface area (Å²) in [4.78, 5) is 0.115. The van der Waals surface area contributed by atoms with E-state index in [2.05, 4.69) is 0 Å². The van der Waals surface area contributed by atoms with E-state index < -0.39 is 15.9 Å². The topological polar surface area (TPSA) is 61.8 Å². The fourth-order valence-electron chi connectivity index (χ4n) is 1.43. The lowest BCUT2D eigenvalue weighted by molar-refractivity contribution is -0.119. The third-order valence-corrected chi connectivity index (χ3v) is 3.52. The van der Waals surface area contributed by atoms with Crippen LogP contribution in [0.3, 0.4) is 0 Å². The third kappa shape index (κ3) is 3.02. The van der Waals surface area contributed by atoms with Gasteiger partial charge in [0.25, 0.3) is 10.1 Å². The van der Waals surface area contributed by atoms with E-state index in [1.165, 1.54) is 18.4 Å². The van der Waals surface area contributed by atoms with Gasteiger partial charge in [-0.2, -0.15) is 8.42 Å². The molecule has 1 heterocycles. The second-order valence-electron chi connectivity index (χ2n) is 4.23. The second-order valence-corrected chi connectivity index (χ2v) is 5.85. The molecule has 5 nitrogen and oxygen atoms in total. The van der Waals surface area contributed by atoms with Gasteiger partial charge in [0.15, 0.2) is 5.76 Å². The maximum atomic E-state index is 11.8. The Balaban J connectivity index is 1.99. The monoisotopic (exact) mass is 270 g/mol. The molecule has 0 N–H and O–H groups in total. The van der Waals surface area contributed by atoms with Crippen molar-refractivity contribution in [3.63, 3.8) is 0 Å². The lowest BCUT2D eigenvalue weighted by Gasteiger charge is -2.18. The minimum atomic E-state index is -3.76. The highest BCUT2D eigenvalue weighted by atomic mass is 32.2. The summed E-state index contributed by atoms with van der Waals surface area (Å²) in [5.41, 5.74) is 0. The van der Waals surface area contributed by atoms with Crippen molar-refractivity contribution in [2.24, 2.45) is 0 Å². The van der Waals surface area contributed by atoms with Crippen LogP contribution in [-0.4, -0.2) is 20.8 Å². The van der Waals surface area contributed by atoms with E-state index in [0.717, 1.165) is 0 Å². The van der Waals surface area contributed by atoms with Crippen molar-refractivity contribution in [1.29, 1.82) is 0 Å². The van der Waals surface area contributed by atoms with Crippen molar-refractivity contribution in [2.45, 2.75) is 24.5 Å². The average molecular weight is 270 g/mol. The SMILES string of the molecule is CC1(C)OC=C(COS(=O)(=O)c2ccccc2)O1. The van der Waals surface area contributed by atoms with Crippen LogP contribution in [0.4, 0.5) is 0 Å². The predicted octanol–water partition coefficient (Wildman–Crippen LogP) is 2.02. The number of ether oxygens (including phenoxy) is 2. The van der Waals surface area contributed by atoms with Crippen LogP contribution >= 0.6 is 0 Å². The van der Waals surface area contributed by atoms with E-state index in [9.17, 15) is 8.42 Å². The molecule has 0 amide bonds. The first-order valence-electron chi connectivity index (χ1n) is 5.39. The van der Waals surface area contributed by atoms with Gasteiger partial charge in [-0.15, -0.1) is 0 Å². The Kier molecular flexibility index (Phi) is 3.32. The molecule has 0 saturated heterocycles. The predicted molar refractivity (Wildman–Crippen MR) is 63.9 cm³/mol. The highest BCUT2D eigenvalue weighted by Gasteiger charge is 2.28. The zero-order valence-corrected chi connectivity index (χ0v) is 10.9. The van der Waals surface area contributed by atoms with Crippen LogP contribution in [0.1, 0.15) is 13.8 Å². The molecule has 1 aliphatic heterocycles. The van der Waals surface area contributed by atoms with Crippen LogP contribution < -0.4 is 0 Å². The highest BCUT2D eigenvalue weighted by molar-refractivity contribution is 7.86. The van der Waals surface area contributed by atoms with Crippen LogP contribution in [0.15, 0.2) is 47.2 Å². The van der Waals surface area contributed by atoms with E-state index >= 15 is 0 Å². The highest BCUT2D eigenvalue weighted by Crippen LogP contribution is 2.25. The minimum absolute atomic E-state index is 0.115. The molecule has 2 rings (SSSR count). The molecule has 0 aromatic heterocycles. The summed E-state index contributed by atoms with van der Waals surface area (Å²) in [5.74, 6) is -0.422. The molecule has 0 atom stereocenters. The minimum Gasteiger partial charge on any atom is -0.457 e. The molecule has 0 spiro atoms. The van der Waals surface area contributed by atoms with Crippen molar-refractivity contribution in [1.82, 2.24) is 0 Å². The zero-order chi connectivity index (χ0) is 13.2. The molecule has 0 aliphatic carbocycles. The molecule has 1 aliphatic rings. The molecule has 0 fully saturated rings. The summed E-state index contributed by atoms with van der Waals surface area (Å²) in [7, 11) is -3.76. The summed E-state index contributed by atoms with van der Waals surface area (Å²) in [5, 5.41) is 0. The fourth-order valence-corrected chi connectivity index (χ4v) is 2.32. The molecule has 0 bridgehead atoms. The van der Waals surface area contributed by atoms with E-state index in [4.69, 9.17) is 13.7 Å². The van der Waals surface area contributed by atoms with Crippen LogP contribution in [0, 0.1) is 0 Å². The Morgan fingerprint density at radius 2 is 1.89 bits per heavy atom. The van der Waals surface area contributed by atoms with Crippen molar-refractivity contribution in [2.75, 3.05) is 6.61 Å². The first-order valence-corrected chi connectivity index (χ1v) is 6.80. The number of hydrogen-bond acceptors (Lipinski definition) is 5. The molecule has 98 valence electrons. The van der Waals surface area contributed by atoms with Crippen LogP contribution in [-0.2, 0) is 23.8 Å². The van der Waals surface area contributed by atoms with Gasteiger partial charge in [0.05, 0.1) is 4.90 Å². The largest absolute Gasteiger partial charge is 0.457 e. The normalized spacial score (nSPS) is 17.8. The van der Waals surface area contributed by atoms with Crippen molar-refractivity contribution in [3.05, 3.63) is 42.4 Å². The molecule has 1 aromatic carbocycles. The Hall–Kier alpha value is -1.53. The third-order valence-electron chi connectivity index (χ3n) is 2.24. The number of benzene rings is 1. The van der Waals surface area contributed by atoms with Crippen molar-refractivity contribution < 1.29 is 22.1 Å². The van der Waals surface area contributed by atoms with Crippen molar-refractivity contribution in [3.8, 4) is 0 Å². The molecule has 6 heteroatoms. The Bertz CT molecular complexity index is 545. The first-order chi connectivity index (χ1) is 8.39. The first kappa shape index (κ1) is 12.9. The lowest BCUT2D eigenvalue weighted by Crippen LogP contribution is -2.21. The molecule has 0 saturated carbocycles. The zero-order valence-electron chi connectivity index (χ0n) is 10.1. The summed E-state index contributed by atoms with van der Waals surface area (Å²) in [6, 6.07) is 7.94. The molecule has 1 aromatic rings. The lowest BCUT2D eigenvalue weighted by atomic mass is 10.4. The van der Waals surface area contributed by atoms with E-state index in [0.29, 0.717) is 5.76 Å². The van der Waals surface area contributed by atoms with Gasteiger partial charge in [-0.3, -0.25) is 4.18 Å². The quantitative estimate of drug-likeness (QED) is 0.783. The summed E-state index contributed by atoms with van der Waals surface area (Å²) in [6.45, 7) is 3.27. The van der Waals surface area contributed by atoms with Gasteiger partial charge in [0.2, 0.25) is 5.79 Å². The van der Waals surface area contributed by atoms with Gasteiger partial charge in [-0.05, 0) is 12.1 Å².